The van der Waals surface area contributed by atoms with Crippen LogP contribution in [0.5, 0.6) is 0 Å². The first kappa shape index (κ1) is 14.1. The van der Waals surface area contributed by atoms with Crippen LogP contribution >= 0.6 is 11.3 Å². The maximum atomic E-state index is 12.0. The summed E-state index contributed by atoms with van der Waals surface area (Å²) in [7, 11) is 0. The second-order valence-corrected chi connectivity index (χ2v) is 6.56. The minimum Gasteiger partial charge on any atom is -0.310 e. The van der Waals surface area contributed by atoms with Crippen molar-refractivity contribution < 1.29 is 4.79 Å². The van der Waals surface area contributed by atoms with E-state index in [1.165, 1.54) is 11.3 Å². The molecule has 0 bridgehead atoms. The highest BCUT2D eigenvalue weighted by Gasteiger charge is 2.30. The molecule has 2 heterocycles. The summed E-state index contributed by atoms with van der Waals surface area (Å²) < 4.78 is 1.72. The number of anilines is 1. The van der Waals surface area contributed by atoms with E-state index >= 15 is 0 Å². The number of hydrogen-bond acceptors (Lipinski definition) is 4. The molecule has 3 aromatic rings. The minimum absolute atomic E-state index is 0.0750. The largest absolute Gasteiger partial charge is 0.310 e. The summed E-state index contributed by atoms with van der Waals surface area (Å²) in [5.41, 5.74) is 2.84. The van der Waals surface area contributed by atoms with Crippen LogP contribution in [0.3, 0.4) is 0 Å². The number of thiazole rings is 1. The third-order valence-corrected chi connectivity index (χ3v) is 4.59. The van der Waals surface area contributed by atoms with Crippen LogP contribution in [0.1, 0.15) is 18.5 Å². The Morgan fingerprint density at radius 2 is 2.09 bits per heavy atom. The Morgan fingerprint density at radius 3 is 2.83 bits per heavy atom. The second kappa shape index (κ2) is 5.62. The summed E-state index contributed by atoms with van der Waals surface area (Å²) in [6, 6.07) is 11.9. The van der Waals surface area contributed by atoms with Crippen LogP contribution in [-0.2, 0) is 4.79 Å². The number of amides is 1. The van der Waals surface area contributed by atoms with E-state index in [9.17, 15) is 4.79 Å². The van der Waals surface area contributed by atoms with Gasteiger partial charge in [-0.3, -0.25) is 4.79 Å². The van der Waals surface area contributed by atoms with E-state index in [-0.39, 0.29) is 11.8 Å². The molecule has 5 nitrogen and oxygen atoms in total. The van der Waals surface area contributed by atoms with Crippen LogP contribution < -0.4 is 5.32 Å². The SMILES string of the molecule is Cc1cc(NC(=O)C2CC2)n(-c2nc(-c3ccccc3)cs2)n1. The first-order valence-electron chi connectivity index (χ1n) is 7.59. The summed E-state index contributed by atoms with van der Waals surface area (Å²) in [4.78, 5) is 16.7. The van der Waals surface area contributed by atoms with Crippen LogP contribution in [0.15, 0.2) is 41.8 Å². The number of carbonyl (C=O) groups is 1. The first-order valence-corrected chi connectivity index (χ1v) is 8.47. The van der Waals surface area contributed by atoms with Gasteiger partial charge in [-0.05, 0) is 19.8 Å². The van der Waals surface area contributed by atoms with Crippen LogP contribution in [-0.4, -0.2) is 20.7 Å². The number of nitrogens with one attached hydrogen (secondary N) is 1. The second-order valence-electron chi connectivity index (χ2n) is 5.73. The molecule has 2 aromatic heterocycles. The molecule has 0 spiro atoms. The van der Waals surface area contributed by atoms with E-state index in [2.05, 4.69) is 15.4 Å². The summed E-state index contributed by atoms with van der Waals surface area (Å²) in [5.74, 6) is 0.925. The van der Waals surface area contributed by atoms with Gasteiger partial charge in [-0.1, -0.05) is 30.3 Å². The lowest BCUT2D eigenvalue weighted by molar-refractivity contribution is -0.117. The first-order chi connectivity index (χ1) is 11.2. The number of aromatic nitrogens is 3. The Kier molecular flexibility index (Phi) is 3.46. The van der Waals surface area contributed by atoms with Gasteiger partial charge in [0.25, 0.3) is 0 Å². The van der Waals surface area contributed by atoms with Gasteiger partial charge in [0.15, 0.2) is 0 Å². The van der Waals surface area contributed by atoms with Crippen LogP contribution in [0.2, 0.25) is 0 Å². The van der Waals surface area contributed by atoms with Crippen molar-refractivity contribution in [3.05, 3.63) is 47.5 Å². The lowest BCUT2D eigenvalue weighted by Gasteiger charge is -2.05. The lowest BCUT2D eigenvalue weighted by Crippen LogP contribution is -2.16. The van der Waals surface area contributed by atoms with Gasteiger partial charge in [0.1, 0.15) is 5.82 Å². The van der Waals surface area contributed by atoms with Gasteiger partial charge in [-0.2, -0.15) is 9.78 Å². The van der Waals surface area contributed by atoms with Gasteiger partial charge in [0.05, 0.1) is 11.4 Å². The van der Waals surface area contributed by atoms with Crippen molar-refractivity contribution in [2.45, 2.75) is 19.8 Å². The van der Waals surface area contributed by atoms with E-state index in [0.717, 1.165) is 34.9 Å². The fourth-order valence-corrected chi connectivity index (χ4v) is 3.21. The van der Waals surface area contributed by atoms with Gasteiger partial charge in [0, 0.05) is 22.9 Å². The summed E-state index contributed by atoms with van der Waals surface area (Å²) in [5, 5.41) is 10.2. The number of benzene rings is 1. The molecule has 23 heavy (non-hydrogen) atoms. The monoisotopic (exact) mass is 324 g/mol. The maximum Gasteiger partial charge on any atom is 0.228 e. The summed E-state index contributed by atoms with van der Waals surface area (Å²) in [6.07, 6.45) is 1.96. The van der Waals surface area contributed by atoms with Crippen molar-refractivity contribution in [2.75, 3.05) is 5.32 Å². The van der Waals surface area contributed by atoms with Crippen molar-refractivity contribution in [3.63, 3.8) is 0 Å². The van der Waals surface area contributed by atoms with E-state index in [4.69, 9.17) is 0 Å². The number of aryl methyl sites for hydroxylation is 1. The topological polar surface area (TPSA) is 59.8 Å². The normalized spacial score (nSPS) is 14.0. The Labute approximate surface area is 138 Å². The van der Waals surface area contributed by atoms with Gasteiger partial charge in [-0.15, -0.1) is 11.3 Å². The van der Waals surface area contributed by atoms with Crippen LogP contribution in [0.25, 0.3) is 16.4 Å². The molecule has 0 unspecified atom stereocenters. The molecule has 1 aliphatic carbocycles. The third kappa shape index (κ3) is 2.90. The Hall–Kier alpha value is -2.47. The minimum atomic E-state index is 0.0750. The number of rotatable bonds is 4. The zero-order chi connectivity index (χ0) is 15.8. The van der Waals surface area contributed by atoms with Crippen molar-refractivity contribution in [1.82, 2.24) is 14.8 Å². The van der Waals surface area contributed by atoms with Gasteiger partial charge in [-0.25, -0.2) is 4.98 Å². The van der Waals surface area contributed by atoms with Gasteiger partial charge in [0.2, 0.25) is 11.0 Å². The van der Waals surface area contributed by atoms with E-state index < -0.39 is 0 Å². The molecule has 1 aliphatic rings. The average Bonchev–Trinajstić information content (AvgIpc) is 3.19. The summed E-state index contributed by atoms with van der Waals surface area (Å²) >= 11 is 1.51. The van der Waals surface area contributed by atoms with Crippen molar-refractivity contribution in [2.24, 2.45) is 5.92 Å². The Bertz CT molecular complexity index is 849. The molecule has 1 amide bonds. The molecule has 1 aromatic carbocycles. The fourth-order valence-electron chi connectivity index (χ4n) is 2.41. The molecule has 0 atom stereocenters. The molecule has 1 fully saturated rings. The predicted molar refractivity (Wildman–Crippen MR) is 90.8 cm³/mol. The third-order valence-electron chi connectivity index (χ3n) is 3.77. The lowest BCUT2D eigenvalue weighted by atomic mass is 10.2. The molecule has 116 valence electrons. The molecule has 1 saturated carbocycles. The quantitative estimate of drug-likeness (QED) is 0.797. The highest BCUT2D eigenvalue weighted by atomic mass is 32.1. The smallest absolute Gasteiger partial charge is 0.228 e. The average molecular weight is 324 g/mol. The van der Waals surface area contributed by atoms with Crippen LogP contribution in [0, 0.1) is 12.8 Å². The Morgan fingerprint density at radius 1 is 1.30 bits per heavy atom. The number of carbonyl (C=O) groups excluding carboxylic acids is 1. The van der Waals surface area contributed by atoms with Crippen molar-refractivity contribution in [3.8, 4) is 16.4 Å². The molecule has 0 aliphatic heterocycles. The zero-order valence-electron chi connectivity index (χ0n) is 12.7. The molecule has 6 heteroatoms. The Balaban J connectivity index is 1.65. The fraction of sp³-hybridized carbons (Fsp3) is 0.235. The molecular weight excluding hydrogens is 308 g/mol. The number of hydrogen-bond donors (Lipinski definition) is 1. The molecule has 1 N–H and O–H groups in total. The molecule has 0 saturated heterocycles. The zero-order valence-corrected chi connectivity index (χ0v) is 13.5. The van der Waals surface area contributed by atoms with Gasteiger partial charge < -0.3 is 5.32 Å². The highest BCUT2D eigenvalue weighted by molar-refractivity contribution is 7.12. The van der Waals surface area contributed by atoms with E-state index in [1.807, 2.05) is 48.7 Å². The standard InChI is InChI=1S/C17H16N4OS/c1-11-9-15(19-16(22)13-7-8-13)21(20-11)17-18-14(10-23-17)12-5-3-2-4-6-12/h2-6,9-10,13H,7-8H2,1H3,(H,19,22). The van der Waals surface area contributed by atoms with Gasteiger partial charge >= 0.3 is 0 Å². The highest BCUT2D eigenvalue weighted by Crippen LogP contribution is 2.31. The predicted octanol–water partition coefficient (Wildman–Crippen LogP) is 3.65. The van der Waals surface area contributed by atoms with Crippen LogP contribution in [0.4, 0.5) is 5.82 Å². The number of nitrogens with zero attached hydrogens (tertiary/aromatic N) is 3. The van der Waals surface area contributed by atoms with Crippen molar-refractivity contribution >= 4 is 23.1 Å². The van der Waals surface area contributed by atoms with E-state index in [0.29, 0.717) is 5.82 Å². The summed E-state index contributed by atoms with van der Waals surface area (Å²) in [6.45, 7) is 1.91. The van der Waals surface area contributed by atoms with Crippen molar-refractivity contribution in [1.29, 1.82) is 0 Å². The molecule has 0 radical (unpaired) electrons. The molecular formula is C17H16N4OS. The van der Waals surface area contributed by atoms with E-state index in [1.54, 1.807) is 4.68 Å². The maximum absolute atomic E-state index is 12.0. The molecule has 4 rings (SSSR count).